The molecule has 0 heterocycles. The average molecular weight is 174 g/mol. The maximum Gasteiger partial charge on any atom is 0.334 e. The van der Waals surface area contributed by atoms with Crippen molar-refractivity contribution in [1.29, 1.82) is 0 Å². The molecule has 0 rings (SSSR count). The third-order valence-electron chi connectivity index (χ3n) is 1.76. The van der Waals surface area contributed by atoms with Crippen LogP contribution in [0.1, 0.15) is 20.8 Å². The summed E-state index contributed by atoms with van der Waals surface area (Å²) in [4.78, 5) is 10.4. The molecule has 0 spiro atoms. The highest BCUT2D eigenvalue weighted by atomic mass is 16.5. The number of hydrogen-bond donors (Lipinski definition) is 2. The van der Waals surface area contributed by atoms with Gasteiger partial charge in [-0.3, -0.25) is 0 Å². The van der Waals surface area contributed by atoms with Gasteiger partial charge in [0, 0.05) is 7.11 Å². The molecule has 4 nitrogen and oxygen atoms in total. The van der Waals surface area contributed by atoms with E-state index in [2.05, 4.69) is 0 Å². The van der Waals surface area contributed by atoms with Gasteiger partial charge in [0.15, 0.2) is 0 Å². The van der Waals surface area contributed by atoms with Gasteiger partial charge in [-0.15, -0.1) is 0 Å². The van der Waals surface area contributed by atoms with Gasteiger partial charge in [-0.2, -0.15) is 0 Å². The Morgan fingerprint density at radius 2 is 1.75 bits per heavy atom. The van der Waals surface area contributed by atoms with Crippen LogP contribution in [0, 0.1) is 0 Å². The molecule has 2 N–H and O–H groups in total. The summed E-state index contributed by atoms with van der Waals surface area (Å²) >= 11 is 0. The number of aliphatic hydroxyl groups excluding tert-OH is 1. The number of carboxylic acid groups (broad SMARTS) is 1. The van der Waals surface area contributed by atoms with E-state index in [1.807, 2.05) is 0 Å². The van der Waals surface area contributed by atoms with Gasteiger partial charge < -0.3 is 14.9 Å². The number of carboxylic acids is 1. The van der Waals surface area contributed by atoms with Crippen molar-refractivity contribution in [3.63, 3.8) is 0 Å². The monoisotopic (exact) mass is 174 g/mol. The number of methoxy groups -OCH3 is 1. The van der Waals surface area contributed by atoms with Crippen LogP contribution in [-0.2, 0) is 9.53 Å². The van der Waals surface area contributed by atoms with Crippen molar-refractivity contribution in [3.05, 3.63) is 11.3 Å². The minimum atomic E-state index is -1.14. The Bertz CT molecular complexity index is 215. The minimum absolute atomic E-state index is 0.0955. The van der Waals surface area contributed by atoms with Gasteiger partial charge in [0.2, 0.25) is 0 Å². The maximum atomic E-state index is 10.4. The number of hydrogen-bond acceptors (Lipinski definition) is 3. The SMILES string of the molecule is COC(C)(C)C(O)=C(C)C(=O)O. The van der Waals surface area contributed by atoms with E-state index < -0.39 is 11.6 Å². The van der Waals surface area contributed by atoms with Gasteiger partial charge in [-0.1, -0.05) is 0 Å². The smallest absolute Gasteiger partial charge is 0.334 e. The zero-order valence-corrected chi connectivity index (χ0v) is 7.71. The van der Waals surface area contributed by atoms with Gasteiger partial charge in [-0.25, -0.2) is 4.79 Å². The molecule has 0 unspecified atom stereocenters. The number of aliphatic hydroxyl groups is 1. The summed E-state index contributed by atoms with van der Waals surface area (Å²) in [6, 6.07) is 0. The topological polar surface area (TPSA) is 66.8 Å². The van der Waals surface area contributed by atoms with E-state index in [1.54, 1.807) is 13.8 Å². The molecule has 0 aliphatic rings. The van der Waals surface area contributed by atoms with Crippen molar-refractivity contribution < 1.29 is 19.7 Å². The highest BCUT2D eigenvalue weighted by molar-refractivity contribution is 5.86. The Labute approximate surface area is 71.5 Å². The minimum Gasteiger partial charge on any atom is -0.509 e. The van der Waals surface area contributed by atoms with Gasteiger partial charge in [0.1, 0.15) is 11.4 Å². The molecule has 0 bridgehead atoms. The normalized spacial score (nSPS) is 14.0. The van der Waals surface area contributed by atoms with Gasteiger partial charge >= 0.3 is 5.97 Å². The summed E-state index contributed by atoms with van der Waals surface area (Å²) in [5.74, 6) is -1.39. The molecule has 0 amide bonds. The Hall–Kier alpha value is -1.03. The molecular weight excluding hydrogens is 160 g/mol. The van der Waals surface area contributed by atoms with Gasteiger partial charge in [0.25, 0.3) is 0 Å². The van der Waals surface area contributed by atoms with E-state index in [9.17, 15) is 9.90 Å². The molecule has 0 aromatic rings. The van der Waals surface area contributed by atoms with Gasteiger partial charge in [-0.05, 0) is 20.8 Å². The first-order chi connectivity index (χ1) is 5.33. The molecule has 70 valence electrons. The third-order valence-corrected chi connectivity index (χ3v) is 1.76. The van der Waals surface area contributed by atoms with Crippen LogP contribution < -0.4 is 0 Å². The highest BCUT2D eigenvalue weighted by Crippen LogP contribution is 2.20. The van der Waals surface area contributed by atoms with E-state index in [0.29, 0.717) is 0 Å². The predicted octanol–water partition coefficient (Wildman–Crippen LogP) is 1.33. The fraction of sp³-hybridized carbons (Fsp3) is 0.625. The van der Waals surface area contributed by atoms with Crippen LogP contribution in [0.5, 0.6) is 0 Å². The lowest BCUT2D eigenvalue weighted by Gasteiger charge is -2.22. The zero-order valence-electron chi connectivity index (χ0n) is 7.71. The van der Waals surface area contributed by atoms with E-state index in [4.69, 9.17) is 9.84 Å². The molecule has 0 saturated carbocycles. The summed E-state index contributed by atoms with van der Waals surface area (Å²) in [6.45, 7) is 4.52. The quantitative estimate of drug-likeness (QED) is 0.500. The molecular formula is C8H14O4. The Morgan fingerprint density at radius 1 is 1.33 bits per heavy atom. The predicted molar refractivity (Wildman–Crippen MR) is 44.1 cm³/mol. The third kappa shape index (κ3) is 2.23. The largest absolute Gasteiger partial charge is 0.509 e. The summed E-state index contributed by atoms with van der Waals surface area (Å²) in [5, 5.41) is 17.9. The molecule has 4 heteroatoms. The second kappa shape index (κ2) is 3.58. The first-order valence-corrected chi connectivity index (χ1v) is 3.51. The summed E-state index contributed by atoms with van der Waals surface area (Å²) in [7, 11) is 1.41. The average Bonchev–Trinajstić information content (AvgIpc) is 2.01. The Balaban J connectivity index is 4.90. The number of rotatable bonds is 3. The van der Waals surface area contributed by atoms with Crippen molar-refractivity contribution in [1.82, 2.24) is 0 Å². The van der Waals surface area contributed by atoms with Crippen LogP contribution in [0.15, 0.2) is 11.3 Å². The molecule has 12 heavy (non-hydrogen) atoms. The maximum absolute atomic E-state index is 10.4. The number of ether oxygens (including phenoxy) is 1. The van der Waals surface area contributed by atoms with Crippen LogP contribution in [0.4, 0.5) is 0 Å². The van der Waals surface area contributed by atoms with E-state index in [-0.39, 0.29) is 11.3 Å². The molecule has 0 atom stereocenters. The molecule has 0 fully saturated rings. The van der Waals surface area contributed by atoms with E-state index in [0.717, 1.165) is 0 Å². The van der Waals surface area contributed by atoms with Gasteiger partial charge in [0.05, 0.1) is 5.57 Å². The molecule has 0 aliphatic carbocycles. The van der Waals surface area contributed by atoms with Crippen molar-refractivity contribution in [2.45, 2.75) is 26.4 Å². The Kier molecular flexibility index (Phi) is 3.27. The summed E-state index contributed by atoms with van der Waals surface area (Å²) < 4.78 is 4.90. The number of carbonyl (C=O) groups is 1. The van der Waals surface area contributed by atoms with Crippen molar-refractivity contribution in [2.24, 2.45) is 0 Å². The molecule has 0 radical (unpaired) electrons. The molecule has 0 aromatic carbocycles. The highest BCUT2D eigenvalue weighted by Gasteiger charge is 2.26. The molecule has 0 aliphatic heterocycles. The van der Waals surface area contributed by atoms with Crippen molar-refractivity contribution in [2.75, 3.05) is 7.11 Å². The van der Waals surface area contributed by atoms with Crippen molar-refractivity contribution in [3.8, 4) is 0 Å². The van der Waals surface area contributed by atoms with Crippen LogP contribution in [0.3, 0.4) is 0 Å². The lowest BCUT2D eigenvalue weighted by molar-refractivity contribution is -0.133. The lowest BCUT2D eigenvalue weighted by Crippen LogP contribution is -2.27. The second-order valence-corrected chi connectivity index (χ2v) is 2.99. The lowest BCUT2D eigenvalue weighted by atomic mass is 10.0. The van der Waals surface area contributed by atoms with Crippen LogP contribution in [0.2, 0.25) is 0 Å². The Morgan fingerprint density at radius 3 is 2.00 bits per heavy atom. The van der Waals surface area contributed by atoms with Crippen LogP contribution in [0.25, 0.3) is 0 Å². The van der Waals surface area contributed by atoms with E-state index >= 15 is 0 Å². The van der Waals surface area contributed by atoms with Crippen molar-refractivity contribution >= 4 is 5.97 Å². The fourth-order valence-electron chi connectivity index (χ4n) is 0.650. The second-order valence-electron chi connectivity index (χ2n) is 2.99. The molecule has 0 aromatic heterocycles. The van der Waals surface area contributed by atoms with Crippen LogP contribution in [-0.4, -0.2) is 28.9 Å². The fourth-order valence-corrected chi connectivity index (χ4v) is 0.650. The first kappa shape index (κ1) is 11.0. The van der Waals surface area contributed by atoms with Crippen LogP contribution >= 0.6 is 0 Å². The molecule has 0 saturated heterocycles. The summed E-state index contributed by atoms with van der Waals surface area (Å²) in [5.41, 5.74) is -1.04. The van der Waals surface area contributed by atoms with E-state index in [1.165, 1.54) is 14.0 Å². The first-order valence-electron chi connectivity index (χ1n) is 3.51. The summed E-state index contributed by atoms with van der Waals surface area (Å²) in [6.07, 6.45) is 0. The standard InChI is InChI=1S/C8H14O4/c1-5(7(10)11)6(9)8(2,3)12-4/h9H,1-4H3,(H,10,11). The number of aliphatic carboxylic acids is 1. The zero-order chi connectivity index (χ0) is 9.94.